The largest absolute Gasteiger partial charge is 0.494 e. The molecule has 26 heavy (non-hydrogen) atoms. The number of benzene rings is 2. The van der Waals surface area contributed by atoms with Crippen molar-refractivity contribution in [2.75, 3.05) is 13.2 Å². The van der Waals surface area contributed by atoms with Crippen molar-refractivity contribution >= 4 is 43.9 Å². The Bertz CT molecular complexity index is 1080. The SMILES string of the molecule is Oc1[nH]c2ccc(Br)cc2c1C1=Nc2ccccc2/C1=N\OCC1CO1. The van der Waals surface area contributed by atoms with E-state index in [2.05, 4.69) is 26.1 Å². The molecule has 1 atom stereocenters. The average molecular weight is 412 g/mol. The van der Waals surface area contributed by atoms with Gasteiger partial charge in [0.25, 0.3) is 0 Å². The molecule has 130 valence electrons. The van der Waals surface area contributed by atoms with Crippen LogP contribution in [0.25, 0.3) is 10.9 Å². The molecule has 0 bridgehead atoms. The number of nitrogens with one attached hydrogen (secondary N) is 1. The lowest BCUT2D eigenvalue weighted by Gasteiger charge is -2.05. The van der Waals surface area contributed by atoms with Crippen LogP contribution in [0.5, 0.6) is 5.88 Å². The number of aromatic nitrogens is 1. The molecule has 0 spiro atoms. The van der Waals surface area contributed by atoms with Gasteiger partial charge in [-0.1, -0.05) is 39.3 Å². The summed E-state index contributed by atoms with van der Waals surface area (Å²) in [7, 11) is 0. The van der Waals surface area contributed by atoms with E-state index >= 15 is 0 Å². The van der Waals surface area contributed by atoms with Crippen molar-refractivity contribution < 1.29 is 14.7 Å². The summed E-state index contributed by atoms with van der Waals surface area (Å²) in [6, 6.07) is 13.5. The van der Waals surface area contributed by atoms with Gasteiger partial charge in [0, 0.05) is 20.9 Å². The van der Waals surface area contributed by atoms with Gasteiger partial charge in [-0.3, -0.25) is 0 Å². The molecule has 1 unspecified atom stereocenters. The molecule has 2 aliphatic rings. The number of ether oxygens (including phenoxy) is 1. The average Bonchev–Trinajstić information content (AvgIpc) is 3.31. The minimum atomic E-state index is 0.0582. The summed E-state index contributed by atoms with van der Waals surface area (Å²) >= 11 is 3.49. The molecule has 0 amide bonds. The summed E-state index contributed by atoms with van der Waals surface area (Å²) in [5.74, 6) is 0.0582. The van der Waals surface area contributed by atoms with Gasteiger partial charge in [-0.05, 0) is 24.3 Å². The summed E-state index contributed by atoms with van der Waals surface area (Å²) in [4.78, 5) is 13.2. The van der Waals surface area contributed by atoms with Gasteiger partial charge in [0.2, 0.25) is 0 Å². The van der Waals surface area contributed by atoms with Crippen molar-refractivity contribution in [3.8, 4) is 5.88 Å². The van der Waals surface area contributed by atoms with E-state index in [4.69, 9.17) is 14.6 Å². The number of hydrogen-bond donors (Lipinski definition) is 2. The molecule has 1 saturated heterocycles. The van der Waals surface area contributed by atoms with E-state index in [9.17, 15) is 5.11 Å². The van der Waals surface area contributed by atoms with Crippen LogP contribution in [0.4, 0.5) is 5.69 Å². The molecule has 1 aromatic heterocycles. The van der Waals surface area contributed by atoms with Gasteiger partial charge >= 0.3 is 0 Å². The monoisotopic (exact) mass is 411 g/mol. The number of H-pyrrole nitrogens is 1. The number of oxime groups is 1. The van der Waals surface area contributed by atoms with E-state index in [0.29, 0.717) is 30.2 Å². The summed E-state index contributed by atoms with van der Waals surface area (Å²) in [5, 5.41) is 15.7. The number of aromatic amines is 1. The molecule has 0 aliphatic carbocycles. The summed E-state index contributed by atoms with van der Waals surface area (Å²) in [6.07, 6.45) is 0.119. The third-order valence-corrected chi connectivity index (χ3v) is 4.91. The highest BCUT2D eigenvalue weighted by Gasteiger charge is 2.30. The fourth-order valence-corrected chi connectivity index (χ4v) is 3.44. The van der Waals surface area contributed by atoms with Gasteiger partial charge in [0.1, 0.15) is 24.1 Å². The zero-order chi connectivity index (χ0) is 17.7. The number of rotatable bonds is 4. The van der Waals surface area contributed by atoms with Gasteiger partial charge in [0.05, 0.1) is 17.9 Å². The van der Waals surface area contributed by atoms with Crippen LogP contribution < -0.4 is 0 Å². The molecule has 0 saturated carbocycles. The predicted octanol–water partition coefficient (Wildman–Crippen LogP) is 3.89. The zero-order valence-electron chi connectivity index (χ0n) is 13.6. The number of aromatic hydroxyl groups is 1. The van der Waals surface area contributed by atoms with Crippen molar-refractivity contribution in [2.24, 2.45) is 10.1 Å². The molecular weight excluding hydrogens is 398 g/mol. The lowest BCUT2D eigenvalue weighted by atomic mass is 10.0. The van der Waals surface area contributed by atoms with E-state index < -0.39 is 0 Å². The highest BCUT2D eigenvalue weighted by atomic mass is 79.9. The summed E-state index contributed by atoms with van der Waals surface area (Å²) in [6.45, 7) is 1.12. The Labute approximate surface area is 157 Å². The van der Waals surface area contributed by atoms with Gasteiger partial charge in [-0.2, -0.15) is 0 Å². The second kappa shape index (κ2) is 5.96. The Morgan fingerprint density at radius 2 is 2.15 bits per heavy atom. The van der Waals surface area contributed by atoms with Gasteiger partial charge in [-0.15, -0.1) is 0 Å². The van der Waals surface area contributed by atoms with Crippen LogP contribution in [0.1, 0.15) is 11.1 Å². The van der Waals surface area contributed by atoms with Crippen molar-refractivity contribution in [2.45, 2.75) is 6.10 Å². The van der Waals surface area contributed by atoms with Crippen molar-refractivity contribution in [1.82, 2.24) is 4.98 Å². The van der Waals surface area contributed by atoms with Crippen LogP contribution in [0.2, 0.25) is 0 Å². The fraction of sp³-hybridized carbons (Fsp3) is 0.158. The second-order valence-corrected chi connectivity index (χ2v) is 7.12. The molecule has 2 aromatic carbocycles. The first kappa shape index (κ1) is 15.6. The van der Waals surface area contributed by atoms with Crippen molar-refractivity contribution in [3.05, 3.63) is 58.1 Å². The summed E-state index contributed by atoms with van der Waals surface area (Å²) < 4.78 is 6.08. The molecule has 3 heterocycles. The van der Waals surface area contributed by atoms with Crippen LogP contribution in [-0.4, -0.2) is 40.8 Å². The standard InChI is InChI=1S/C19H14BrN3O3/c20-10-5-6-15-13(7-10)16(19(24)22-15)18-17(23-26-9-11-8-25-11)12-3-1-2-4-14(12)21-18/h1-7,11,22,24H,8-9H2/b23-17+. The molecule has 7 heteroatoms. The molecule has 2 N–H and O–H groups in total. The Kier molecular flexibility index (Phi) is 3.58. The Morgan fingerprint density at radius 3 is 3.00 bits per heavy atom. The van der Waals surface area contributed by atoms with Crippen LogP contribution in [0.3, 0.4) is 0 Å². The maximum absolute atomic E-state index is 10.5. The fourth-order valence-electron chi connectivity index (χ4n) is 3.08. The van der Waals surface area contributed by atoms with Crippen LogP contribution >= 0.6 is 15.9 Å². The Balaban J connectivity index is 1.65. The second-order valence-electron chi connectivity index (χ2n) is 6.21. The molecule has 2 aliphatic heterocycles. The first-order valence-electron chi connectivity index (χ1n) is 8.21. The maximum atomic E-state index is 10.5. The third kappa shape index (κ3) is 2.60. The number of epoxide rings is 1. The Hall–Kier alpha value is -2.64. The van der Waals surface area contributed by atoms with Crippen LogP contribution in [0, 0.1) is 0 Å². The number of para-hydroxylation sites is 1. The summed E-state index contributed by atoms with van der Waals surface area (Å²) in [5.41, 5.74) is 4.31. The number of aliphatic imine (C=N–C) groups is 1. The van der Waals surface area contributed by atoms with Crippen LogP contribution in [-0.2, 0) is 9.57 Å². The van der Waals surface area contributed by atoms with E-state index in [1.165, 1.54) is 0 Å². The minimum absolute atomic E-state index is 0.0582. The third-order valence-electron chi connectivity index (χ3n) is 4.41. The molecule has 0 radical (unpaired) electrons. The first-order valence-corrected chi connectivity index (χ1v) is 9.00. The lowest BCUT2D eigenvalue weighted by Crippen LogP contribution is -2.14. The molecule has 3 aromatic rings. The molecular formula is C19H14BrN3O3. The predicted molar refractivity (Wildman–Crippen MR) is 103 cm³/mol. The highest BCUT2D eigenvalue weighted by Crippen LogP contribution is 2.36. The topological polar surface area (TPSA) is 82.5 Å². The van der Waals surface area contributed by atoms with Gasteiger partial charge < -0.3 is 19.7 Å². The van der Waals surface area contributed by atoms with E-state index in [1.807, 2.05) is 42.5 Å². The molecule has 6 nitrogen and oxygen atoms in total. The van der Waals surface area contributed by atoms with Crippen molar-refractivity contribution in [1.29, 1.82) is 0 Å². The molecule has 1 fully saturated rings. The normalized spacial score (nSPS) is 19.7. The lowest BCUT2D eigenvalue weighted by molar-refractivity contribution is 0.125. The number of hydrogen-bond acceptors (Lipinski definition) is 5. The molecule has 5 rings (SSSR count). The van der Waals surface area contributed by atoms with E-state index in [-0.39, 0.29) is 12.0 Å². The first-order chi connectivity index (χ1) is 12.7. The van der Waals surface area contributed by atoms with Gasteiger partial charge in [0.15, 0.2) is 5.88 Å². The highest BCUT2D eigenvalue weighted by molar-refractivity contribution is 9.10. The number of fused-ring (bicyclic) bond motifs is 2. The quantitative estimate of drug-likeness (QED) is 0.504. The van der Waals surface area contributed by atoms with Crippen LogP contribution in [0.15, 0.2) is 57.1 Å². The van der Waals surface area contributed by atoms with Crippen molar-refractivity contribution in [3.63, 3.8) is 0 Å². The smallest absolute Gasteiger partial charge is 0.199 e. The maximum Gasteiger partial charge on any atom is 0.199 e. The van der Waals surface area contributed by atoms with E-state index in [0.717, 1.165) is 26.6 Å². The van der Waals surface area contributed by atoms with Gasteiger partial charge in [-0.25, -0.2) is 4.99 Å². The number of nitrogens with zero attached hydrogens (tertiary/aromatic N) is 2. The minimum Gasteiger partial charge on any atom is -0.494 e. The zero-order valence-corrected chi connectivity index (χ0v) is 15.2. The Morgan fingerprint density at radius 1 is 1.31 bits per heavy atom. The van der Waals surface area contributed by atoms with E-state index in [1.54, 1.807) is 0 Å². The number of halogens is 1.